The Morgan fingerprint density at radius 3 is 2.27 bits per heavy atom. The fourth-order valence-corrected chi connectivity index (χ4v) is 4.56. The highest BCUT2D eigenvalue weighted by Gasteiger charge is 2.33. The van der Waals surface area contributed by atoms with Gasteiger partial charge >= 0.3 is 0 Å². The summed E-state index contributed by atoms with van der Waals surface area (Å²) in [7, 11) is -3.27. The molecule has 0 N–H and O–H groups in total. The Kier molecular flexibility index (Phi) is 4.76. The summed E-state index contributed by atoms with van der Waals surface area (Å²) in [5.41, 5.74) is 0. The van der Waals surface area contributed by atoms with E-state index in [2.05, 4.69) is 15.0 Å². The molecule has 0 aliphatic carbocycles. The zero-order chi connectivity index (χ0) is 15.6. The monoisotopic (exact) mass is 329 g/mol. The van der Waals surface area contributed by atoms with Gasteiger partial charge in [0.2, 0.25) is 5.89 Å². The van der Waals surface area contributed by atoms with Crippen LogP contribution in [0.3, 0.4) is 0 Å². The van der Waals surface area contributed by atoms with E-state index in [-0.39, 0.29) is 0 Å². The van der Waals surface area contributed by atoms with Gasteiger partial charge in [0.25, 0.3) is 10.2 Å². The van der Waals surface area contributed by atoms with E-state index in [1.807, 2.05) is 6.92 Å². The van der Waals surface area contributed by atoms with Gasteiger partial charge in [0.1, 0.15) is 0 Å². The van der Waals surface area contributed by atoms with Crippen LogP contribution in [-0.2, 0) is 23.2 Å². The molecule has 2 saturated heterocycles. The summed E-state index contributed by atoms with van der Waals surface area (Å²) in [5.74, 6) is 1.32. The van der Waals surface area contributed by atoms with Crippen LogP contribution < -0.4 is 0 Å². The average molecular weight is 329 g/mol. The largest absolute Gasteiger partial charge is 0.338 e. The van der Waals surface area contributed by atoms with E-state index >= 15 is 0 Å². The average Bonchev–Trinajstić information content (AvgIpc) is 3.19. The van der Waals surface area contributed by atoms with Gasteiger partial charge in [-0.2, -0.15) is 22.0 Å². The molecule has 1 aromatic heterocycles. The minimum absolute atomic E-state index is 0.521. The van der Waals surface area contributed by atoms with E-state index in [1.54, 1.807) is 8.61 Å². The van der Waals surface area contributed by atoms with Gasteiger partial charge in [0.15, 0.2) is 5.82 Å². The van der Waals surface area contributed by atoms with Crippen molar-refractivity contribution in [1.29, 1.82) is 0 Å². The summed E-state index contributed by atoms with van der Waals surface area (Å²) in [6.07, 6.45) is 2.69. The second-order valence-electron chi connectivity index (χ2n) is 5.75. The number of rotatable bonds is 5. The topological polar surface area (TPSA) is 82.8 Å². The predicted molar refractivity (Wildman–Crippen MR) is 80.3 cm³/mol. The van der Waals surface area contributed by atoms with Crippen LogP contribution in [0.1, 0.15) is 31.5 Å². The number of piperazine rings is 1. The van der Waals surface area contributed by atoms with Crippen molar-refractivity contribution >= 4 is 10.2 Å². The van der Waals surface area contributed by atoms with Gasteiger partial charge in [-0.25, -0.2) is 0 Å². The second-order valence-corrected chi connectivity index (χ2v) is 7.68. The Bertz CT molecular complexity index is 589. The Labute approximate surface area is 131 Å². The standard InChI is InChI=1S/C13H23N5O3S/c1-2-12-14-13(21-15-12)11-16-7-9-18(10-8-16)22(19,20)17-5-3-4-6-17/h2-11H2,1H3. The highest BCUT2D eigenvalue weighted by molar-refractivity contribution is 7.86. The quantitative estimate of drug-likeness (QED) is 0.761. The highest BCUT2D eigenvalue weighted by atomic mass is 32.2. The lowest BCUT2D eigenvalue weighted by atomic mass is 10.3. The normalized spacial score (nSPS) is 22.4. The first-order chi connectivity index (χ1) is 10.6. The van der Waals surface area contributed by atoms with Crippen LogP contribution in [0.5, 0.6) is 0 Å². The molecule has 124 valence electrons. The maximum Gasteiger partial charge on any atom is 0.282 e. The summed E-state index contributed by atoms with van der Waals surface area (Å²) in [6, 6.07) is 0. The Balaban J connectivity index is 1.53. The number of hydrogen-bond acceptors (Lipinski definition) is 6. The third-order valence-corrected chi connectivity index (χ3v) is 6.27. The predicted octanol–water partition coefficient (Wildman–Crippen LogP) is 0.0902. The fraction of sp³-hybridized carbons (Fsp3) is 0.846. The summed E-state index contributed by atoms with van der Waals surface area (Å²) in [4.78, 5) is 6.45. The van der Waals surface area contributed by atoms with Crippen LogP contribution in [0.15, 0.2) is 4.52 Å². The Morgan fingerprint density at radius 2 is 1.68 bits per heavy atom. The van der Waals surface area contributed by atoms with Crippen molar-refractivity contribution < 1.29 is 12.9 Å². The van der Waals surface area contributed by atoms with Crippen LogP contribution in [0.2, 0.25) is 0 Å². The van der Waals surface area contributed by atoms with Gasteiger partial charge in [-0.15, -0.1) is 0 Å². The SMILES string of the molecule is CCc1noc(CN2CCN(S(=O)(=O)N3CCCC3)CC2)n1. The zero-order valence-electron chi connectivity index (χ0n) is 12.9. The lowest BCUT2D eigenvalue weighted by Crippen LogP contribution is -2.52. The minimum Gasteiger partial charge on any atom is -0.338 e. The van der Waals surface area contributed by atoms with Crippen molar-refractivity contribution in [3.8, 4) is 0 Å². The molecule has 3 rings (SSSR count). The van der Waals surface area contributed by atoms with E-state index in [0.717, 1.165) is 19.3 Å². The van der Waals surface area contributed by atoms with Gasteiger partial charge in [-0.05, 0) is 12.8 Å². The van der Waals surface area contributed by atoms with Crippen molar-refractivity contribution in [2.45, 2.75) is 32.7 Å². The van der Waals surface area contributed by atoms with Crippen molar-refractivity contribution in [2.75, 3.05) is 39.3 Å². The summed E-state index contributed by atoms with van der Waals surface area (Å²) in [5, 5.41) is 3.88. The maximum atomic E-state index is 12.5. The molecule has 3 heterocycles. The number of hydrogen-bond donors (Lipinski definition) is 0. The van der Waals surface area contributed by atoms with Gasteiger partial charge < -0.3 is 4.52 Å². The minimum atomic E-state index is -3.27. The molecule has 0 radical (unpaired) electrons. The third kappa shape index (κ3) is 3.32. The molecular weight excluding hydrogens is 306 g/mol. The molecule has 0 unspecified atom stereocenters. The first-order valence-corrected chi connectivity index (χ1v) is 9.28. The molecule has 0 aromatic carbocycles. The number of aryl methyl sites for hydroxylation is 1. The van der Waals surface area contributed by atoms with Crippen LogP contribution >= 0.6 is 0 Å². The molecule has 8 nitrogen and oxygen atoms in total. The van der Waals surface area contributed by atoms with Crippen LogP contribution in [0.4, 0.5) is 0 Å². The molecular formula is C13H23N5O3S. The van der Waals surface area contributed by atoms with Gasteiger partial charge in [0.05, 0.1) is 6.54 Å². The highest BCUT2D eigenvalue weighted by Crippen LogP contribution is 2.18. The molecule has 0 amide bonds. The summed E-state index contributed by atoms with van der Waals surface area (Å²) < 4.78 is 33.4. The first-order valence-electron chi connectivity index (χ1n) is 7.88. The van der Waals surface area contributed by atoms with Crippen molar-refractivity contribution in [1.82, 2.24) is 23.7 Å². The van der Waals surface area contributed by atoms with Gasteiger partial charge in [-0.3, -0.25) is 4.90 Å². The lowest BCUT2D eigenvalue weighted by Gasteiger charge is -2.35. The van der Waals surface area contributed by atoms with E-state index < -0.39 is 10.2 Å². The van der Waals surface area contributed by atoms with E-state index in [9.17, 15) is 8.42 Å². The Hall–Kier alpha value is -1.03. The Morgan fingerprint density at radius 1 is 1.05 bits per heavy atom. The molecule has 0 saturated carbocycles. The molecule has 9 heteroatoms. The molecule has 0 atom stereocenters. The van der Waals surface area contributed by atoms with Gasteiger partial charge in [-0.1, -0.05) is 12.1 Å². The van der Waals surface area contributed by atoms with Crippen molar-refractivity contribution in [3.63, 3.8) is 0 Å². The second kappa shape index (κ2) is 6.61. The van der Waals surface area contributed by atoms with Crippen LogP contribution in [0, 0.1) is 0 Å². The van der Waals surface area contributed by atoms with Crippen molar-refractivity contribution in [2.24, 2.45) is 0 Å². The van der Waals surface area contributed by atoms with Crippen LogP contribution in [0.25, 0.3) is 0 Å². The maximum absolute atomic E-state index is 12.5. The fourth-order valence-electron chi connectivity index (χ4n) is 2.89. The smallest absolute Gasteiger partial charge is 0.282 e. The third-order valence-electron chi connectivity index (χ3n) is 4.23. The van der Waals surface area contributed by atoms with Crippen LogP contribution in [-0.4, -0.2) is 71.3 Å². The molecule has 2 aliphatic rings. The van der Waals surface area contributed by atoms with Gasteiger partial charge in [0, 0.05) is 45.7 Å². The zero-order valence-corrected chi connectivity index (χ0v) is 13.8. The molecule has 22 heavy (non-hydrogen) atoms. The number of nitrogens with zero attached hydrogens (tertiary/aromatic N) is 5. The van der Waals surface area contributed by atoms with E-state index in [4.69, 9.17) is 4.52 Å². The molecule has 2 aliphatic heterocycles. The van der Waals surface area contributed by atoms with E-state index in [0.29, 0.717) is 57.5 Å². The first kappa shape index (κ1) is 15.9. The lowest BCUT2D eigenvalue weighted by molar-refractivity contribution is 0.159. The molecule has 0 spiro atoms. The summed E-state index contributed by atoms with van der Waals surface area (Å²) >= 11 is 0. The summed E-state index contributed by atoms with van der Waals surface area (Å²) in [6.45, 7) is 6.31. The van der Waals surface area contributed by atoms with Crippen molar-refractivity contribution in [3.05, 3.63) is 11.7 Å². The molecule has 1 aromatic rings. The molecule has 0 bridgehead atoms. The molecule has 2 fully saturated rings. The number of aromatic nitrogens is 2. The van der Waals surface area contributed by atoms with E-state index in [1.165, 1.54) is 0 Å².